The van der Waals surface area contributed by atoms with Gasteiger partial charge < -0.3 is 5.11 Å². The van der Waals surface area contributed by atoms with E-state index in [1.165, 1.54) is 32.7 Å². The smallest absolute Gasteiger partial charge is 0.198 e. The maximum absolute atomic E-state index is 13.2. The summed E-state index contributed by atoms with van der Waals surface area (Å²) in [5, 5.41) is 16.4. The number of carbonyl (C=O) groups is 2. The molecule has 168 valence electrons. The molecule has 5 aromatic rings. The lowest BCUT2D eigenvalue weighted by atomic mass is 9.75. The lowest BCUT2D eigenvalue weighted by Gasteiger charge is -2.28. The molecule has 7 rings (SSSR count). The van der Waals surface area contributed by atoms with Crippen LogP contribution in [0.25, 0.3) is 21.5 Å². The summed E-state index contributed by atoms with van der Waals surface area (Å²) in [6.07, 6.45) is 2.58. The molecule has 3 heteroatoms. The first kappa shape index (κ1) is 20.2. The summed E-state index contributed by atoms with van der Waals surface area (Å²) in [6.45, 7) is 0. The Labute approximate surface area is 202 Å². The number of rotatable bonds is 1. The minimum absolute atomic E-state index is 0.0319. The van der Waals surface area contributed by atoms with Crippen molar-refractivity contribution >= 4 is 33.1 Å². The predicted molar refractivity (Wildman–Crippen MR) is 138 cm³/mol. The van der Waals surface area contributed by atoms with Gasteiger partial charge in [-0.1, -0.05) is 78.9 Å². The number of hydrogen-bond acceptors (Lipinski definition) is 3. The van der Waals surface area contributed by atoms with Crippen molar-refractivity contribution in [1.29, 1.82) is 0 Å². The highest BCUT2D eigenvalue weighted by Crippen LogP contribution is 2.43. The van der Waals surface area contributed by atoms with E-state index in [4.69, 9.17) is 0 Å². The molecule has 0 aromatic heterocycles. The van der Waals surface area contributed by atoms with Gasteiger partial charge in [0.25, 0.3) is 0 Å². The van der Waals surface area contributed by atoms with Crippen molar-refractivity contribution < 1.29 is 14.7 Å². The molecule has 0 fully saturated rings. The van der Waals surface area contributed by atoms with E-state index in [1.54, 1.807) is 30.3 Å². The third kappa shape index (κ3) is 2.85. The SMILES string of the molecule is O=C1c2ccccc2C(=O)c2c1ccc(C1CCc3c(ccc4c3ccc3ccccc34)C1)c2O. The summed E-state index contributed by atoms with van der Waals surface area (Å²) in [5.74, 6) is -0.422. The highest BCUT2D eigenvalue weighted by atomic mass is 16.3. The quantitative estimate of drug-likeness (QED) is 0.280. The number of ketones is 2. The molecule has 1 atom stereocenters. The molecule has 0 bridgehead atoms. The third-order valence-electron chi connectivity index (χ3n) is 7.88. The number of hydrogen-bond donors (Lipinski definition) is 1. The predicted octanol–water partition coefficient (Wildman–Crippen LogP) is 6.75. The Morgan fingerprint density at radius 1 is 0.657 bits per heavy atom. The van der Waals surface area contributed by atoms with Gasteiger partial charge in [0.2, 0.25) is 0 Å². The molecule has 1 N–H and O–H groups in total. The lowest BCUT2D eigenvalue weighted by Crippen LogP contribution is -2.22. The van der Waals surface area contributed by atoms with Crippen LogP contribution in [0.2, 0.25) is 0 Å². The van der Waals surface area contributed by atoms with Crippen molar-refractivity contribution in [3.63, 3.8) is 0 Å². The van der Waals surface area contributed by atoms with Crippen molar-refractivity contribution in [1.82, 2.24) is 0 Å². The lowest BCUT2D eigenvalue weighted by molar-refractivity contribution is 0.0976. The highest BCUT2D eigenvalue weighted by molar-refractivity contribution is 6.29. The Kier molecular flexibility index (Phi) is 4.25. The van der Waals surface area contributed by atoms with Crippen molar-refractivity contribution in [2.24, 2.45) is 0 Å². The maximum Gasteiger partial charge on any atom is 0.198 e. The molecule has 0 amide bonds. The molecular weight excluding hydrogens is 432 g/mol. The van der Waals surface area contributed by atoms with Crippen LogP contribution in [0.4, 0.5) is 0 Å². The monoisotopic (exact) mass is 454 g/mol. The second-order valence-corrected chi connectivity index (χ2v) is 9.65. The second kappa shape index (κ2) is 7.38. The van der Waals surface area contributed by atoms with Crippen LogP contribution in [0.5, 0.6) is 5.75 Å². The van der Waals surface area contributed by atoms with Gasteiger partial charge in [-0.05, 0) is 69.5 Å². The number of benzene rings is 5. The summed E-state index contributed by atoms with van der Waals surface area (Å²) in [5.41, 5.74) is 4.64. The number of phenolic OH excluding ortho intramolecular Hbond substituents is 1. The van der Waals surface area contributed by atoms with E-state index in [0.717, 1.165) is 24.8 Å². The molecule has 35 heavy (non-hydrogen) atoms. The fraction of sp³-hybridized carbons (Fsp3) is 0.125. The minimum Gasteiger partial charge on any atom is -0.507 e. The molecule has 0 saturated heterocycles. The summed E-state index contributed by atoms with van der Waals surface area (Å²) < 4.78 is 0. The topological polar surface area (TPSA) is 54.4 Å². The fourth-order valence-electron chi connectivity index (χ4n) is 6.15. The van der Waals surface area contributed by atoms with Gasteiger partial charge >= 0.3 is 0 Å². The van der Waals surface area contributed by atoms with Crippen molar-refractivity contribution in [2.75, 3.05) is 0 Å². The van der Waals surface area contributed by atoms with Crippen LogP contribution in [0, 0.1) is 0 Å². The van der Waals surface area contributed by atoms with E-state index in [2.05, 4.69) is 48.5 Å². The van der Waals surface area contributed by atoms with E-state index in [-0.39, 0.29) is 28.8 Å². The molecule has 0 saturated carbocycles. The van der Waals surface area contributed by atoms with Crippen LogP contribution < -0.4 is 0 Å². The molecule has 0 heterocycles. The fourth-order valence-corrected chi connectivity index (χ4v) is 6.15. The summed E-state index contributed by atoms with van der Waals surface area (Å²) in [7, 11) is 0. The molecule has 0 spiro atoms. The first-order valence-electron chi connectivity index (χ1n) is 12.1. The van der Waals surface area contributed by atoms with Gasteiger partial charge in [0.05, 0.1) is 5.56 Å². The van der Waals surface area contributed by atoms with Crippen LogP contribution >= 0.6 is 0 Å². The molecule has 0 aliphatic heterocycles. The zero-order valence-corrected chi connectivity index (χ0v) is 19.0. The van der Waals surface area contributed by atoms with Gasteiger partial charge in [0, 0.05) is 16.7 Å². The van der Waals surface area contributed by atoms with Crippen molar-refractivity contribution in [3.8, 4) is 5.75 Å². The standard InChI is InChI=1S/C32H22O3/c33-30-26-7-3-4-8-27(26)32(35)29-28(30)16-15-23(31(29)34)20-10-12-22-19(17-20)11-14-24-21-6-2-1-5-18(21)9-13-25(22)24/h1-9,11,13-16,20,34H,10,12,17H2. The van der Waals surface area contributed by atoms with Gasteiger partial charge in [-0.2, -0.15) is 0 Å². The summed E-state index contributed by atoms with van der Waals surface area (Å²) in [6, 6.07) is 27.8. The van der Waals surface area contributed by atoms with Crippen LogP contribution in [0.3, 0.4) is 0 Å². The average Bonchev–Trinajstić information content (AvgIpc) is 2.91. The average molecular weight is 455 g/mol. The molecule has 5 aromatic carbocycles. The van der Waals surface area contributed by atoms with Gasteiger partial charge in [0.1, 0.15) is 5.75 Å². The van der Waals surface area contributed by atoms with Gasteiger partial charge in [-0.25, -0.2) is 0 Å². The molecule has 0 radical (unpaired) electrons. The zero-order valence-electron chi connectivity index (χ0n) is 19.0. The van der Waals surface area contributed by atoms with Crippen LogP contribution in [-0.2, 0) is 12.8 Å². The normalized spacial score (nSPS) is 16.7. The van der Waals surface area contributed by atoms with E-state index >= 15 is 0 Å². The Morgan fingerprint density at radius 3 is 2.26 bits per heavy atom. The Balaban J connectivity index is 1.30. The highest BCUT2D eigenvalue weighted by Gasteiger charge is 2.34. The molecular formula is C32H22O3. The van der Waals surface area contributed by atoms with Gasteiger partial charge in [0.15, 0.2) is 11.6 Å². The first-order chi connectivity index (χ1) is 17.1. The number of fused-ring (bicyclic) bond motifs is 7. The van der Waals surface area contributed by atoms with Gasteiger partial charge in [-0.15, -0.1) is 0 Å². The van der Waals surface area contributed by atoms with E-state index in [1.807, 2.05) is 6.07 Å². The molecule has 1 unspecified atom stereocenters. The van der Waals surface area contributed by atoms with Crippen LogP contribution in [-0.4, -0.2) is 16.7 Å². The Hall–Kier alpha value is -4.24. The first-order valence-corrected chi connectivity index (χ1v) is 12.1. The number of aromatic hydroxyl groups is 1. The minimum atomic E-state index is -0.274. The van der Waals surface area contributed by atoms with Crippen LogP contribution in [0.1, 0.15) is 60.9 Å². The third-order valence-corrected chi connectivity index (χ3v) is 7.88. The second-order valence-electron chi connectivity index (χ2n) is 9.65. The van der Waals surface area contributed by atoms with Crippen molar-refractivity contribution in [3.05, 3.63) is 124 Å². The zero-order chi connectivity index (χ0) is 23.7. The van der Waals surface area contributed by atoms with Crippen molar-refractivity contribution in [2.45, 2.75) is 25.2 Å². The summed E-state index contributed by atoms with van der Waals surface area (Å²) >= 11 is 0. The summed E-state index contributed by atoms with van der Waals surface area (Å²) in [4.78, 5) is 26.3. The Bertz CT molecular complexity index is 1730. The molecule has 2 aliphatic carbocycles. The number of carbonyl (C=O) groups excluding carboxylic acids is 2. The largest absolute Gasteiger partial charge is 0.507 e. The Morgan fingerprint density at radius 2 is 1.40 bits per heavy atom. The number of aryl methyl sites for hydroxylation is 1. The van der Waals surface area contributed by atoms with Crippen LogP contribution in [0.15, 0.2) is 84.9 Å². The molecule has 2 aliphatic rings. The maximum atomic E-state index is 13.2. The van der Waals surface area contributed by atoms with Gasteiger partial charge in [-0.3, -0.25) is 9.59 Å². The molecule has 3 nitrogen and oxygen atoms in total. The van der Waals surface area contributed by atoms with E-state index in [0.29, 0.717) is 16.7 Å². The van der Waals surface area contributed by atoms with E-state index in [9.17, 15) is 14.7 Å². The number of phenols is 1. The van der Waals surface area contributed by atoms with E-state index < -0.39 is 0 Å².